The average molecular weight is 309 g/mol. The summed E-state index contributed by atoms with van der Waals surface area (Å²) in [6, 6.07) is 7.47. The van der Waals surface area contributed by atoms with E-state index in [1.54, 1.807) is 0 Å². The molecule has 0 bridgehead atoms. The molecule has 3 nitrogen and oxygen atoms in total. The fraction of sp³-hybridized carbons (Fsp3) is 0. The molecule has 0 unspecified atom stereocenters. The Morgan fingerprint density at radius 2 is 1.80 bits per heavy atom. The summed E-state index contributed by atoms with van der Waals surface area (Å²) in [6.45, 7) is 0. The molecule has 1 aromatic carbocycles. The Labute approximate surface area is 124 Å². The van der Waals surface area contributed by atoms with Gasteiger partial charge in [0.15, 0.2) is 0 Å². The van der Waals surface area contributed by atoms with Crippen molar-refractivity contribution in [3.63, 3.8) is 0 Å². The Morgan fingerprint density at radius 3 is 2.35 bits per heavy atom. The van der Waals surface area contributed by atoms with E-state index in [2.05, 4.69) is 5.16 Å². The van der Waals surface area contributed by atoms with Crippen LogP contribution in [-0.4, -0.2) is 10.9 Å². The zero-order chi connectivity index (χ0) is 14.7. The van der Waals surface area contributed by atoms with Gasteiger partial charge in [-0.3, -0.25) is 0 Å². The summed E-state index contributed by atoms with van der Waals surface area (Å²) in [5.74, 6) is -0.399. The van der Waals surface area contributed by atoms with Crippen molar-refractivity contribution in [1.82, 2.24) is 0 Å². The first-order valence-corrected chi connectivity index (χ1v) is 6.20. The van der Waals surface area contributed by atoms with Gasteiger partial charge in [0.2, 0.25) is 0 Å². The normalized spacial score (nSPS) is 19.2. The van der Waals surface area contributed by atoms with Crippen molar-refractivity contribution in [2.75, 3.05) is 0 Å². The number of nitrogens with zero attached hydrogens (tertiary/aromatic N) is 2. The number of benzene rings is 1. The predicted molar refractivity (Wildman–Crippen MR) is 76.0 cm³/mol. The van der Waals surface area contributed by atoms with Gasteiger partial charge in [-0.25, -0.2) is 4.39 Å². The highest BCUT2D eigenvalue weighted by Crippen LogP contribution is 2.32. The number of rotatable bonds is 1. The largest absolute Gasteiger partial charge is 0.410 e. The van der Waals surface area contributed by atoms with Crippen LogP contribution in [0.15, 0.2) is 57.2 Å². The van der Waals surface area contributed by atoms with Crippen LogP contribution in [-0.2, 0) is 0 Å². The maximum absolute atomic E-state index is 12.9. The highest BCUT2D eigenvalue weighted by Gasteiger charge is 2.18. The van der Waals surface area contributed by atoms with E-state index in [4.69, 9.17) is 28.4 Å². The van der Waals surface area contributed by atoms with E-state index < -0.39 is 5.82 Å². The van der Waals surface area contributed by atoms with Crippen molar-refractivity contribution in [3.8, 4) is 6.07 Å². The Bertz CT molecular complexity index is 710. The minimum Gasteiger partial charge on any atom is -0.410 e. The molecule has 0 aliphatic heterocycles. The third-order valence-corrected chi connectivity index (χ3v) is 3.27. The molecule has 1 N–H and O–H groups in total. The van der Waals surface area contributed by atoms with E-state index in [0.29, 0.717) is 11.1 Å². The molecule has 100 valence electrons. The number of allylic oxidation sites excluding steroid dienone is 6. The topological polar surface area (TPSA) is 56.4 Å². The van der Waals surface area contributed by atoms with Crippen molar-refractivity contribution < 1.29 is 9.60 Å². The third-order valence-electron chi connectivity index (χ3n) is 2.66. The minimum absolute atomic E-state index is 0.108. The van der Waals surface area contributed by atoms with Crippen molar-refractivity contribution in [1.29, 1.82) is 5.26 Å². The number of halogens is 3. The molecule has 1 aromatic rings. The molecule has 20 heavy (non-hydrogen) atoms. The van der Waals surface area contributed by atoms with Crippen molar-refractivity contribution in [2.45, 2.75) is 0 Å². The van der Waals surface area contributed by atoms with Crippen LogP contribution in [0.3, 0.4) is 0 Å². The fourth-order valence-electron chi connectivity index (χ4n) is 1.70. The fourth-order valence-corrected chi connectivity index (χ4v) is 2.16. The second-order valence-electron chi connectivity index (χ2n) is 3.88. The van der Waals surface area contributed by atoms with Gasteiger partial charge in [-0.2, -0.15) is 5.26 Å². The third kappa shape index (κ3) is 2.74. The van der Waals surface area contributed by atoms with E-state index in [0.717, 1.165) is 0 Å². The molecule has 0 radical (unpaired) electrons. The number of hydrogen-bond donors (Lipinski definition) is 1. The maximum atomic E-state index is 12.9. The van der Waals surface area contributed by atoms with E-state index in [9.17, 15) is 9.65 Å². The van der Waals surface area contributed by atoms with E-state index in [-0.39, 0.29) is 21.3 Å². The summed E-state index contributed by atoms with van der Waals surface area (Å²) in [6.07, 6.45) is 2.78. The molecular weight excluding hydrogens is 302 g/mol. The second-order valence-corrected chi connectivity index (χ2v) is 4.69. The first-order valence-electron chi connectivity index (χ1n) is 5.44. The van der Waals surface area contributed by atoms with Gasteiger partial charge in [-0.1, -0.05) is 40.5 Å². The maximum Gasteiger partial charge on any atom is 0.123 e. The van der Waals surface area contributed by atoms with Gasteiger partial charge in [0.1, 0.15) is 17.6 Å². The molecular formula is C14H7Cl2FN2O. The van der Waals surface area contributed by atoms with Crippen LogP contribution < -0.4 is 0 Å². The van der Waals surface area contributed by atoms with E-state index >= 15 is 0 Å². The summed E-state index contributed by atoms with van der Waals surface area (Å²) in [5, 5.41) is 21.4. The summed E-state index contributed by atoms with van der Waals surface area (Å²) in [4.78, 5) is 0. The molecule has 0 saturated carbocycles. The Balaban J connectivity index is 2.61. The Hall–Kier alpha value is -2.09. The van der Waals surface area contributed by atoms with Crippen LogP contribution in [0.4, 0.5) is 4.39 Å². The van der Waals surface area contributed by atoms with Crippen molar-refractivity contribution in [2.24, 2.45) is 5.16 Å². The first-order chi connectivity index (χ1) is 9.56. The molecule has 0 amide bonds. The van der Waals surface area contributed by atoms with Crippen molar-refractivity contribution in [3.05, 3.63) is 63.4 Å². The lowest BCUT2D eigenvalue weighted by Gasteiger charge is -2.12. The van der Waals surface area contributed by atoms with Crippen LogP contribution in [0.25, 0.3) is 5.57 Å². The quantitative estimate of drug-likeness (QED) is 0.480. The molecule has 0 saturated heterocycles. The van der Waals surface area contributed by atoms with Gasteiger partial charge >= 0.3 is 0 Å². The second kappa shape index (κ2) is 5.91. The predicted octanol–water partition coefficient (Wildman–Crippen LogP) is 4.19. The van der Waals surface area contributed by atoms with Crippen LogP contribution in [0.1, 0.15) is 5.56 Å². The van der Waals surface area contributed by atoms with E-state index in [1.807, 2.05) is 6.07 Å². The molecule has 1 aliphatic rings. The highest BCUT2D eigenvalue weighted by molar-refractivity contribution is 6.48. The summed E-state index contributed by atoms with van der Waals surface area (Å²) < 4.78 is 12.9. The molecule has 6 heteroatoms. The average Bonchev–Trinajstić information content (AvgIpc) is 2.45. The molecule has 2 rings (SSSR count). The van der Waals surface area contributed by atoms with Gasteiger partial charge < -0.3 is 5.21 Å². The molecule has 0 spiro atoms. The van der Waals surface area contributed by atoms with Gasteiger partial charge in [0, 0.05) is 5.57 Å². The summed E-state index contributed by atoms with van der Waals surface area (Å²) in [7, 11) is 0. The SMILES string of the molecule is N#C/C(=C1C=C(Cl)/C(=N\O)C=C\1Cl)c1ccc(F)cc1. The van der Waals surface area contributed by atoms with Gasteiger partial charge in [-0.05, 0) is 29.8 Å². The number of hydrogen-bond acceptors (Lipinski definition) is 3. The smallest absolute Gasteiger partial charge is 0.123 e. The molecule has 0 atom stereocenters. The lowest BCUT2D eigenvalue weighted by atomic mass is 9.97. The zero-order valence-electron chi connectivity index (χ0n) is 9.94. The van der Waals surface area contributed by atoms with Gasteiger partial charge in [-0.15, -0.1) is 0 Å². The lowest BCUT2D eigenvalue weighted by molar-refractivity contribution is 0.320. The van der Waals surface area contributed by atoms with Gasteiger partial charge in [0.05, 0.1) is 15.6 Å². The highest BCUT2D eigenvalue weighted by atomic mass is 35.5. The Kier molecular flexibility index (Phi) is 4.23. The molecule has 1 aliphatic carbocycles. The molecule has 0 aromatic heterocycles. The summed E-state index contributed by atoms with van der Waals surface area (Å²) >= 11 is 12.0. The minimum atomic E-state index is -0.399. The zero-order valence-corrected chi connectivity index (χ0v) is 11.5. The van der Waals surface area contributed by atoms with E-state index in [1.165, 1.54) is 36.4 Å². The number of nitriles is 1. The standard InChI is InChI=1S/C14H7Cl2FN2O/c15-12-6-14(19-20)13(16)5-10(12)11(7-18)8-1-3-9(17)4-2-8/h1-6,20H/b11-10-,19-14-. The van der Waals surface area contributed by atoms with Crippen LogP contribution >= 0.6 is 23.2 Å². The summed E-state index contributed by atoms with van der Waals surface area (Å²) in [5.41, 5.74) is 1.26. The van der Waals surface area contributed by atoms with Crippen LogP contribution in [0.5, 0.6) is 0 Å². The van der Waals surface area contributed by atoms with Crippen molar-refractivity contribution >= 4 is 34.5 Å². The number of oxime groups is 1. The lowest BCUT2D eigenvalue weighted by Crippen LogP contribution is -2.03. The molecule has 0 heterocycles. The Morgan fingerprint density at radius 1 is 1.15 bits per heavy atom. The van der Waals surface area contributed by atoms with Crippen LogP contribution in [0.2, 0.25) is 0 Å². The van der Waals surface area contributed by atoms with Gasteiger partial charge in [0.25, 0.3) is 0 Å². The van der Waals surface area contributed by atoms with Crippen LogP contribution in [0, 0.1) is 17.1 Å². The monoisotopic (exact) mass is 308 g/mol. The first kappa shape index (κ1) is 14.3. The molecule has 0 fully saturated rings.